The van der Waals surface area contributed by atoms with E-state index < -0.39 is 0 Å². The van der Waals surface area contributed by atoms with Gasteiger partial charge in [-0.25, -0.2) is 19.5 Å². The minimum absolute atomic E-state index is 0.672. The van der Waals surface area contributed by atoms with Gasteiger partial charge in [-0.1, -0.05) is 127 Å². The average Bonchev–Trinajstić information content (AvgIpc) is 3.51. The van der Waals surface area contributed by atoms with Gasteiger partial charge in [-0.2, -0.15) is 0 Å². The van der Waals surface area contributed by atoms with E-state index in [0.717, 1.165) is 50.1 Å². The molecular formula is C38H25N5. The Bertz CT molecular complexity index is 2170. The summed E-state index contributed by atoms with van der Waals surface area (Å²) in [6.07, 6.45) is 2.02. The molecule has 0 saturated heterocycles. The van der Waals surface area contributed by atoms with Crippen LogP contribution in [0.15, 0.2) is 152 Å². The minimum atomic E-state index is 0.672. The monoisotopic (exact) mass is 551 g/mol. The summed E-state index contributed by atoms with van der Waals surface area (Å²) in [7, 11) is 0. The zero-order valence-electron chi connectivity index (χ0n) is 23.2. The van der Waals surface area contributed by atoms with Crippen molar-refractivity contribution in [3.05, 3.63) is 152 Å². The largest absolute Gasteiger partial charge is 0.228 e. The number of hydrogen-bond acceptors (Lipinski definition) is 4. The molecule has 5 nitrogen and oxygen atoms in total. The van der Waals surface area contributed by atoms with E-state index in [4.69, 9.17) is 20.1 Å². The van der Waals surface area contributed by atoms with Gasteiger partial charge in [-0.05, 0) is 34.7 Å². The average molecular weight is 552 g/mol. The molecule has 8 rings (SSSR count). The van der Waals surface area contributed by atoms with Gasteiger partial charge in [0.05, 0.1) is 11.4 Å². The summed E-state index contributed by atoms with van der Waals surface area (Å²) < 4.78 is 1.85. The molecule has 0 aliphatic carbocycles. The molecule has 0 atom stereocenters. The molecular weight excluding hydrogens is 526 g/mol. The summed E-state index contributed by atoms with van der Waals surface area (Å²) >= 11 is 0. The Morgan fingerprint density at radius 2 is 0.953 bits per heavy atom. The van der Waals surface area contributed by atoms with Gasteiger partial charge in [-0.15, -0.1) is 5.10 Å². The van der Waals surface area contributed by atoms with E-state index in [9.17, 15) is 0 Å². The number of fused-ring (bicyclic) bond motifs is 2. The van der Waals surface area contributed by atoms with Crippen LogP contribution in [0.1, 0.15) is 0 Å². The predicted molar refractivity (Wildman–Crippen MR) is 173 cm³/mol. The lowest BCUT2D eigenvalue weighted by Gasteiger charge is -2.10. The maximum atomic E-state index is 5.02. The molecule has 5 aromatic carbocycles. The van der Waals surface area contributed by atoms with Gasteiger partial charge < -0.3 is 0 Å². The molecule has 202 valence electrons. The summed E-state index contributed by atoms with van der Waals surface area (Å²) in [4.78, 5) is 14.9. The number of nitrogens with zero attached hydrogens (tertiary/aromatic N) is 5. The summed E-state index contributed by atoms with van der Waals surface area (Å²) in [6.45, 7) is 0. The molecule has 0 saturated carbocycles. The first-order valence-electron chi connectivity index (χ1n) is 14.2. The first-order valence-corrected chi connectivity index (χ1v) is 14.2. The molecule has 0 amide bonds. The van der Waals surface area contributed by atoms with Crippen molar-refractivity contribution in [2.24, 2.45) is 0 Å². The Morgan fingerprint density at radius 1 is 0.372 bits per heavy atom. The second-order valence-corrected chi connectivity index (χ2v) is 10.5. The van der Waals surface area contributed by atoms with Crippen LogP contribution in [0.4, 0.5) is 0 Å². The Kier molecular flexibility index (Phi) is 6.05. The van der Waals surface area contributed by atoms with Gasteiger partial charge in [0.1, 0.15) is 0 Å². The van der Waals surface area contributed by atoms with Crippen LogP contribution in [-0.4, -0.2) is 24.6 Å². The molecule has 0 fully saturated rings. The van der Waals surface area contributed by atoms with Gasteiger partial charge in [0.2, 0.25) is 0 Å². The normalized spacial score (nSPS) is 11.3. The van der Waals surface area contributed by atoms with Crippen LogP contribution in [0, 0.1) is 0 Å². The zero-order chi connectivity index (χ0) is 28.6. The van der Waals surface area contributed by atoms with E-state index in [-0.39, 0.29) is 0 Å². The fourth-order valence-corrected chi connectivity index (χ4v) is 5.42. The Morgan fingerprint density at radius 3 is 1.72 bits per heavy atom. The van der Waals surface area contributed by atoms with E-state index in [1.54, 1.807) is 0 Å². The van der Waals surface area contributed by atoms with Crippen molar-refractivity contribution in [3.8, 4) is 56.4 Å². The van der Waals surface area contributed by atoms with Crippen molar-refractivity contribution in [1.82, 2.24) is 24.6 Å². The predicted octanol–water partition coefficient (Wildman–Crippen LogP) is 9.01. The molecule has 43 heavy (non-hydrogen) atoms. The van der Waals surface area contributed by atoms with E-state index in [0.29, 0.717) is 11.6 Å². The van der Waals surface area contributed by atoms with E-state index in [1.165, 1.54) is 11.1 Å². The second-order valence-electron chi connectivity index (χ2n) is 10.5. The van der Waals surface area contributed by atoms with Crippen LogP contribution < -0.4 is 0 Å². The summed E-state index contributed by atoms with van der Waals surface area (Å²) in [5, 5.41) is 7.07. The van der Waals surface area contributed by atoms with E-state index in [1.807, 2.05) is 71.4 Å². The van der Waals surface area contributed by atoms with Crippen LogP contribution in [-0.2, 0) is 0 Å². The van der Waals surface area contributed by atoms with Crippen LogP contribution >= 0.6 is 0 Å². The van der Waals surface area contributed by atoms with Crippen molar-refractivity contribution in [2.75, 3.05) is 0 Å². The van der Waals surface area contributed by atoms with Gasteiger partial charge in [0, 0.05) is 33.8 Å². The molecule has 0 N–H and O–H groups in total. The molecule has 8 aromatic rings. The third kappa shape index (κ3) is 4.83. The minimum Gasteiger partial charge on any atom is -0.228 e. The van der Waals surface area contributed by atoms with Crippen molar-refractivity contribution in [1.29, 1.82) is 0 Å². The highest BCUT2D eigenvalue weighted by Gasteiger charge is 2.13. The van der Waals surface area contributed by atoms with Crippen molar-refractivity contribution >= 4 is 16.4 Å². The Hall–Kier alpha value is -5.94. The number of aromatic nitrogens is 5. The molecule has 0 radical (unpaired) electrons. The van der Waals surface area contributed by atoms with Crippen LogP contribution in [0.5, 0.6) is 0 Å². The van der Waals surface area contributed by atoms with Gasteiger partial charge in [-0.3, -0.25) is 0 Å². The molecule has 3 heterocycles. The lowest BCUT2D eigenvalue weighted by atomic mass is 10.0. The van der Waals surface area contributed by atoms with Gasteiger partial charge >= 0.3 is 0 Å². The number of pyridine rings is 1. The number of benzene rings is 5. The summed E-state index contributed by atoms with van der Waals surface area (Å²) in [5.41, 5.74) is 8.78. The lowest BCUT2D eigenvalue weighted by molar-refractivity contribution is 0.974. The quantitative estimate of drug-likeness (QED) is 0.214. The summed E-state index contributed by atoms with van der Waals surface area (Å²) in [6, 6.07) is 49.7. The topological polar surface area (TPSA) is 56.0 Å². The van der Waals surface area contributed by atoms with E-state index in [2.05, 4.69) is 84.9 Å². The highest BCUT2D eigenvalue weighted by Crippen LogP contribution is 2.31. The molecule has 3 aromatic heterocycles. The van der Waals surface area contributed by atoms with Crippen molar-refractivity contribution in [3.63, 3.8) is 0 Å². The number of rotatable bonds is 5. The molecule has 5 heteroatoms. The van der Waals surface area contributed by atoms with Gasteiger partial charge in [0.15, 0.2) is 17.3 Å². The van der Waals surface area contributed by atoms with Crippen molar-refractivity contribution in [2.45, 2.75) is 0 Å². The van der Waals surface area contributed by atoms with E-state index >= 15 is 0 Å². The molecule has 0 bridgehead atoms. The highest BCUT2D eigenvalue weighted by molar-refractivity contribution is 5.85. The SMILES string of the molecule is c1ccc(-c2ccc(-c3cc(-c4cccc(-c5nc6cc7ccccc7cn6n5)c4)nc(-c4ccccc4)n3)cc2)cc1. The fraction of sp³-hybridized carbons (Fsp3) is 0. The fourth-order valence-electron chi connectivity index (χ4n) is 5.42. The zero-order valence-corrected chi connectivity index (χ0v) is 23.2. The maximum Gasteiger partial charge on any atom is 0.182 e. The first kappa shape index (κ1) is 24.8. The first-order chi connectivity index (χ1) is 21.3. The lowest BCUT2D eigenvalue weighted by Crippen LogP contribution is -1.96. The summed E-state index contributed by atoms with van der Waals surface area (Å²) in [5.74, 6) is 1.36. The Balaban J connectivity index is 1.21. The second kappa shape index (κ2) is 10.5. The smallest absolute Gasteiger partial charge is 0.182 e. The maximum absolute atomic E-state index is 5.02. The van der Waals surface area contributed by atoms with Crippen LogP contribution in [0.3, 0.4) is 0 Å². The third-order valence-corrected chi connectivity index (χ3v) is 7.66. The van der Waals surface area contributed by atoms with Gasteiger partial charge in [0.25, 0.3) is 0 Å². The standard InChI is InChI=1S/C38H25N5/c1-3-10-26(11-4-1)27-18-20-28(21-19-27)34-24-35(40-37(39-34)29-12-5-2-6-13-29)31-16-9-17-32(22-31)38-41-36-23-30-14-7-8-15-33(30)25-43(36)42-38/h1-25H. The molecule has 0 aliphatic rings. The van der Waals surface area contributed by atoms with Crippen molar-refractivity contribution < 1.29 is 0 Å². The molecule has 0 spiro atoms. The molecule has 0 unspecified atom stereocenters. The van der Waals surface area contributed by atoms with Crippen LogP contribution in [0.25, 0.3) is 72.8 Å². The molecule has 0 aliphatic heterocycles. The third-order valence-electron chi connectivity index (χ3n) is 7.66. The van der Waals surface area contributed by atoms with Crippen LogP contribution in [0.2, 0.25) is 0 Å². The highest BCUT2D eigenvalue weighted by atomic mass is 15.3. The Labute approximate surface area is 248 Å². The number of hydrogen-bond donors (Lipinski definition) is 0.